The lowest BCUT2D eigenvalue weighted by atomic mass is 10.0. The molecular weight excluding hydrogens is 416 g/mol. The van der Waals surface area contributed by atoms with E-state index in [0.717, 1.165) is 16.7 Å². The molecule has 2 N–H and O–H groups in total. The Balaban J connectivity index is 1.35. The lowest BCUT2D eigenvalue weighted by molar-refractivity contribution is -0.131. The second kappa shape index (κ2) is 10.8. The zero-order chi connectivity index (χ0) is 22.9. The van der Waals surface area contributed by atoms with Crippen LogP contribution in [0, 0.1) is 0 Å². The number of amides is 2. The number of carbonyl (C=O) groups excluding carboxylic acids is 2. The topological polar surface area (TPSA) is 85.3 Å². The Labute approximate surface area is 192 Å². The van der Waals surface area contributed by atoms with Gasteiger partial charge in [-0.3, -0.25) is 25.1 Å². The van der Waals surface area contributed by atoms with Gasteiger partial charge in [-0.2, -0.15) is 5.10 Å². The summed E-state index contributed by atoms with van der Waals surface area (Å²) in [5.41, 5.74) is 7.78. The van der Waals surface area contributed by atoms with Crippen molar-refractivity contribution < 1.29 is 14.3 Å². The summed E-state index contributed by atoms with van der Waals surface area (Å²) in [7, 11) is 0. The fourth-order valence-electron chi connectivity index (χ4n) is 3.48. The number of hydrogen-bond donors (Lipinski definition) is 2. The van der Waals surface area contributed by atoms with Crippen LogP contribution >= 0.6 is 0 Å². The number of rotatable bonds is 8. The number of benzene rings is 3. The fourth-order valence-corrected chi connectivity index (χ4v) is 3.48. The third-order valence-electron chi connectivity index (χ3n) is 5.05. The van der Waals surface area contributed by atoms with Crippen LogP contribution in [0.1, 0.15) is 22.7 Å². The van der Waals surface area contributed by atoms with Crippen molar-refractivity contribution in [1.82, 2.24) is 20.6 Å². The average Bonchev–Trinajstić information content (AvgIpc) is 3.38. The minimum absolute atomic E-state index is 0.232. The van der Waals surface area contributed by atoms with Crippen LogP contribution in [-0.2, 0) is 16.0 Å². The molecule has 7 heteroatoms. The highest BCUT2D eigenvalue weighted by Crippen LogP contribution is 2.21. The minimum atomic E-state index is -0.714. The van der Waals surface area contributed by atoms with Gasteiger partial charge in [-0.15, -0.1) is 0 Å². The second-order valence-electron chi connectivity index (χ2n) is 7.40. The van der Waals surface area contributed by atoms with E-state index in [4.69, 9.17) is 4.74 Å². The first kappa shape index (κ1) is 21.8. The minimum Gasteiger partial charge on any atom is -0.483 e. The summed E-state index contributed by atoms with van der Waals surface area (Å²) in [6, 6.07) is 27.9. The standard InChI is InChI=1S/C26H24N4O3/c31-24(19-33-23-15-8-7-14-22(23)18-20-10-3-1-4-11-20)28-29-26(32)25(30-17-9-16-27-30)21-12-5-2-6-13-21/h1-17,25H,18-19H2,(H,28,31)(H,29,32). The molecule has 0 spiro atoms. The van der Waals surface area contributed by atoms with Gasteiger partial charge >= 0.3 is 0 Å². The maximum atomic E-state index is 12.9. The van der Waals surface area contributed by atoms with Gasteiger partial charge in [0.15, 0.2) is 12.6 Å². The van der Waals surface area contributed by atoms with Gasteiger partial charge in [-0.1, -0.05) is 78.9 Å². The van der Waals surface area contributed by atoms with Crippen molar-refractivity contribution in [3.8, 4) is 5.75 Å². The van der Waals surface area contributed by atoms with Crippen LogP contribution in [0.4, 0.5) is 0 Å². The predicted octanol–water partition coefficient (Wildman–Crippen LogP) is 3.29. The highest BCUT2D eigenvalue weighted by atomic mass is 16.5. The summed E-state index contributed by atoms with van der Waals surface area (Å²) in [5.74, 6) is -0.255. The summed E-state index contributed by atoms with van der Waals surface area (Å²) >= 11 is 0. The van der Waals surface area contributed by atoms with E-state index >= 15 is 0 Å². The summed E-state index contributed by atoms with van der Waals surface area (Å²) in [6.07, 6.45) is 3.99. The molecule has 0 bridgehead atoms. The molecule has 4 aromatic rings. The Kier molecular flexibility index (Phi) is 7.12. The van der Waals surface area contributed by atoms with E-state index in [9.17, 15) is 9.59 Å². The third kappa shape index (κ3) is 5.86. The van der Waals surface area contributed by atoms with E-state index < -0.39 is 17.9 Å². The molecule has 0 fully saturated rings. The van der Waals surface area contributed by atoms with Crippen LogP contribution < -0.4 is 15.6 Å². The highest BCUT2D eigenvalue weighted by molar-refractivity contribution is 5.86. The van der Waals surface area contributed by atoms with Gasteiger partial charge in [0, 0.05) is 18.8 Å². The molecular formula is C26H24N4O3. The molecule has 2 amide bonds. The van der Waals surface area contributed by atoms with Crippen LogP contribution in [0.25, 0.3) is 0 Å². The van der Waals surface area contributed by atoms with Gasteiger partial charge in [-0.05, 0) is 28.8 Å². The van der Waals surface area contributed by atoms with Gasteiger partial charge in [-0.25, -0.2) is 0 Å². The summed E-state index contributed by atoms with van der Waals surface area (Å²) < 4.78 is 7.27. The van der Waals surface area contributed by atoms with Crippen molar-refractivity contribution >= 4 is 11.8 Å². The van der Waals surface area contributed by atoms with E-state index in [2.05, 4.69) is 16.0 Å². The van der Waals surface area contributed by atoms with Gasteiger partial charge in [0.25, 0.3) is 11.8 Å². The molecule has 1 aromatic heterocycles. The van der Waals surface area contributed by atoms with Crippen molar-refractivity contribution in [2.24, 2.45) is 0 Å². The van der Waals surface area contributed by atoms with Gasteiger partial charge in [0.2, 0.25) is 0 Å². The molecule has 0 radical (unpaired) electrons. The molecule has 7 nitrogen and oxygen atoms in total. The van der Waals surface area contributed by atoms with E-state index in [1.807, 2.05) is 84.9 Å². The van der Waals surface area contributed by atoms with E-state index in [-0.39, 0.29) is 6.61 Å². The van der Waals surface area contributed by atoms with E-state index in [0.29, 0.717) is 12.2 Å². The molecule has 33 heavy (non-hydrogen) atoms. The number of carbonyl (C=O) groups is 2. The van der Waals surface area contributed by atoms with Crippen LogP contribution in [0.15, 0.2) is 103 Å². The van der Waals surface area contributed by atoms with Crippen molar-refractivity contribution in [3.05, 3.63) is 120 Å². The highest BCUT2D eigenvalue weighted by Gasteiger charge is 2.23. The van der Waals surface area contributed by atoms with Crippen molar-refractivity contribution in [3.63, 3.8) is 0 Å². The fraction of sp³-hybridized carbons (Fsp3) is 0.115. The maximum absolute atomic E-state index is 12.9. The predicted molar refractivity (Wildman–Crippen MR) is 124 cm³/mol. The first-order chi connectivity index (χ1) is 16.2. The zero-order valence-electron chi connectivity index (χ0n) is 17.9. The molecule has 4 rings (SSSR count). The molecule has 0 aliphatic heterocycles. The van der Waals surface area contributed by atoms with Crippen LogP contribution in [0.2, 0.25) is 0 Å². The van der Waals surface area contributed by atoms with Crippen molar-refractivity contribution in [1.29, 1.82) is 0 Å². The Morgan fingerprint density at radius 1 is 0.848 bits per heavy atom. The maximum Gasteiger partial charge on any atom is 0.276 e. The normalized spacial score (nSPS) is 11.4. The smallest absolute Gasteiger partial charge is 0.276 e. The molecule has 0 saturated carbocycles. The Hall–Kier alpha value is -4.39. The molecule has 3 aromatic carbocycles. The lowest BCUT2D eigenvalue weighted by Gasteiger charge is -2.18. The third-order valence-corrected chi connectivity index (χ3v) is 5.05. The first-order valence-electron chi connectivity index (χ1n) is 10.6. The molecule has 0 saturated heterocycles. The van der Waals surface area contributed by atoms with Crippen LogP contribution in [0.3, 0.4) is 0 Å². The number of aromatic nitrogens is 2. The SMILES string of the molecule is O=C(COc1ccccc1Cc1ccccc1)NNC(=O)C(c1ccccc1)n1cccn1. The van der Waals surface area contributed by atoms with E-state index in [1.165, 1.54) is 4.68 Å². The van der Waals surface area contributed by atoms with Gasteiger partial charge in [0.05, 0.1) is 0 Å². The second-order valence-corrected chi connectivity index (χ2v) is 7.40. The number of hydrazine groups is 1. The molecule has 166 valence electrons. The number of nitrogens with zero attached hydrogens (tertiary/aromatic N) is 2. The molecule has 0 aliphatic carbocycles. The number of ether oxygens (including phenoxy) is 1. The van der Waals surface area contributed by atoms with Crippen LogP contribution in [-0.4, -0.2) is 28.2 Å². The average molecular weight is 441 g/mol. The number of hydrogen-bond acceptors (Lipinski definition) is 4. The lowest BCUT2D eigenvalue weighted by Crippen LogP contribution is -2.47. The summed E-state index contributed by atoms with van der Waals surface area (Å²) in [6.45, 7) is -0.232. The summed E-state index contributed by atoms with van der Waals surface area (Å²) in [4.78, 5) is 25.2. The van der Waals surface area contributed by atoms with Crippen molar-refractivity contribution in [2.75, 3.05) is 6.61 Å². The number of para-hydroxylation sites is 1. The zero-order valence-corrected chi connectivity index (χ0v) is 17.9. The Morgan fingerprint density at radius 3 is 2.27 bits per heavy atom. The first-order valence-corrected chi connectivity index (χ1v) is 10.6. The Morgan fingerprint density at radius 2 is 1.55 bits per heavy atom. The quantitative estimate of drug-likeness (QED) is 0.412. The molecule has 1 unspecified atom stereocenters. The molecule has 0 aliphatic rings. The number of nitrogens with one attached hydrogen (secondary N) is 2. The monoisotopic (exact) mass is 440 g/mol. The van der Waals surface area contributed by atoms with Gasteiger partial charge in [0.1, 0.15) is 5.75 Å². The van der Waals surface area contributed by atoms with Gasteiger partial charge < -0.3 is 4.74 Å². The Bertz CT molecular complexity index is 1180. The molecule has 1 heterocycles. The van der Waals surface area contributed by atoms with Crippen molar-refractivity contribution in [2.45, 2.75) is 12.5 Å². The molecule has 1 atom stereocenters. The van der Waals surface area contributed by atoms with Crippen LogP contribution in [0.5, 0.6) is 5.75 Å². The van der Waals surface area contributed by atoms with E-state index in [1.54, 1.807) is 18.5 Å². The largest absolute Gasteiger partial charge is 0.483 e. The summed E-state index contributed by atoms with van der Waals surface area (Å²) in [5, 5.41) is 4.18.